The van der Waals surface area contributed by atoms with Crippen molar-refractivity contribution in [3.63, 3.8) is 0 Å². The largest absolute Gasteiger partial charge is 0.383 e. The molecule has 0 bridgehead atoms. The molecule has 5 nitrogen and oxygen atoms in total. The summed E-state index contributed by atoms with van der Waals surface area (Å²) in [6.45, 7) is 1.46. The van der Waals surface area contributed by atoms with Gasteiger partial charge in [-0.2, -0.15) is 0 Å². The number of rotatable bonds is 6. The van der Waals surface area contributed by atoms with E-state index in [2.05, 4.69) is 5.32 Å². The van der Waals surface area contributed by atoms with Crippen LogP contribution < -0.4 is 5.32 Å². The number of nitrogens with one attached hydrogen (secondary N) is 1. The van der Waals surface area contributed by atoms with Crippen LogP contribution in [0.15, 0.2) is 54.6 Å². The Morgan fingerprint density at radius 2 is 1.77 bits per heavy atom. The van der Waals surface area contributed by atoms with Crippen LogP contribution in [0.3, 0.4) is 0 Å². The topological polar surface area (TPSA) is 58.6 Å². The molecule has 1 heterocycles. The number of benzene rings is 2. The molecule has 158 valence electrons. The van der Waals surface area contributed by atoms with E-state index in [1.807, 2.05) is 59.5 Å². The second-order valence-corrected chi connectivity index (χ2v) is 8.34. The lowest BCUT2D eigenvalue weighted by Gasteiger charge is -2.53. The van der Waals surface area contributed by atoms with Crippen LogP contribution in [-0.4, -0.2) is 42.5 Å². The Morgan fingerprint density at radius 3 is 2.50 bits per heavy atom. The van der Waals surface area contributed by atoms with Crippen LogP contribution in [0.1, 0.15) is 59.5 Å². The van der Waals surface area contributed by atoms with Crippen LogP contribution in [0.25, 0.3) is 0 Å². The quantitative estimate of drug-likeness (QED) is 0.792. The number of hydrogen-bond acceptors (Lipinski definition) is 3. The van der Waals surface area contributed by atoms with Crippen molar-refractivity contribution in [3.8, 4) is 0 Å². The third-order valence-electron chi connectivity index (χ3n) is 6.63. The Kier molecular flexibility index (Phi) is 6.18. The first kappa shape index (κ1) is 20.6. The summed E-state index contributed by atoms with van der Waals surface area (Å²) in [4.78, 5) is 29.1. The maximum Gasteiger partial charge on any atom is 0.254 e. The van der Waals surface area contributed by atoms with E-state index in [-0.39, 0.29) is 17.7 Å². The van der Waals surface area contributed by atoms with Gasteiger partial charge in [0.15, 0.2) is 0 Å². The van der Waals surface area contributed by atoms with Gasteiger partial charge in [-0.15, -0.1) is 0 Å². The number of methoxy groups -OCH3 is 1. The third kappa shape index (κ3) is 3.74. The molecule has 0 radical (unpaired) electrons. The number of carbonyl (C=O) groups excluding carboxylic acids is 2. The molecule has 2 aromatic carbocycles. The van der Waals surface area contributed by atoms with E-state index in [9.17, 15) is 9.59 Å². The Balaban J connectivity index is 1.72. The molecule has 0 unspecified atom stereocenters. The van der Waals surface area contributed by atoms with Crippen molar-refractivity contribution in [3.05, 3.63) is 71.3 Å². The summed E-state index contributed by atoms with van der Waals surface area (Å²) in [5, 5.41) is 3.16. The fraction of sp³-hybridized carbons (Fsp3) is 0.440. The first-order valence-electron chi connectivity index (χ1n) is 10.9. The van der Waals surface area contributed by atoms with Crippen LogP contribution in [0.4, 0.5) is 0 Å². The van der Waals surface area contributed by atoms with Crippen LogP contribution in [0.5, 0.6) is 0 Å². The van der Waals surface area contributed by atoms with Crippen molar-refractivity contribution in [1.82, 2.24) is 10.2 Å². The standard InChI is InChI=1S/C25H30N2O3/c1-30-17-16-27-24(29)21-13-7-6-12-20(21)22(25(27)14-8-3-9-15-25)23(28)26-18-19-10-4-2-5-11-19/h2,4-7,10-13,22H,3,8-9,14-18H2,1H3,(H,26,28)/t22-/m0/s1. The average Bonchev–Trinajstić information content (AvgIpc) is 2.79. The molecule has 1 spiro atoms. The minimum atomic E-state index is -0.483. The summed E-state index contributed by atoms with van der Waals surface area (Å²) in [5.74, 6) is -0.341. The molecule has 30 heavy (non-hydrogen) atoms. The minimum absolute atomic E-state index is 0.00289. The lowest BCUT2D eigenvalue weighted by molar-refractivity contribution is -0.127. The normalized spacial score (nSPS) is 20.1. The molecule has 1 saturated carbocycles. The summed E-state index contributed by atoms with van der Waals surface area (Å²) < 4.78 is 5.32. The number of hydrogen-bond donors (Lipinski definition) is 1. The van der Waals surface area contributed by atoms with Crippen LogP contribution in [-0.2, 0) is 16.1 Å². The van der Waals surface area contributed by atoms with Crippen LogP contribution in [0, 0.1) is 0 Å². The van der Waals surface area contributed by atoms with E-state index in [0.29, 0.717) is 25.3 Å². The van der Waals surface area contributed by atoms with E-state index >= 15 is 0 Å². The van der Waals surface area contributed by atoms with Crippen molar-refractivity contribution in [2.75, 3.05) is 20.3 Å². The van der Waals surface area contributed by atoms with E-state index in [4.69, 9.17) is 4.74 Å². The zero-order valence-corrected chi connectivity index (χ0v) is 17.6. The highest BCUT2D eigenvalue weighted by Crippen LogP contribution is 2.49. The number of carbonyl (C=O) groups is 2. The van der Waals surface area contributed by atoms with Gasteiger partial charge in [0.2, 0.25) is 5.91 Å². The number of amides is 2. The summed E-state index contributed by atoms with van der Waals surface area (Å²) in [7, 11) is 1.65. The summed E-state index contributed by atoms with van der Waals surface area (Å²) in [6, 6.07) is 17.6. The van der Waals surface area contributed by atoms with Gasteiger partial charge in [-0.05, 0) is 30.0 Å². The molecule has 1 atom stereocenters. The maximum absolute atomic E-state index is 13.7. The molecule has 4 rings (SSSR count). The summed E-state index contributed by atoms with van der Waals surface area (Å²) >= 11 is 0. The fourth-order valence-corrected chi connectivity index (χ4v) is 5.24. The summed E-state index contributed by atoms with van der Waals surface area (Å²) in [5.41, 5.74) is 2.09. The highest BCUT2D eigenvalue weighted by molar-refractivity contribution is 6.02. The van der Waals surface area contributed by atoms with Crippen LogP contribution >= 0.6 is 0 Å². The number of ether oxygens (including phenoxy) is 1. The first-order valence-corrected chi connectivity index (χ1v) is 10.9. The number of nitrogens with zero attached hydrogens (tertiary/aromatic N) is 1. The molecule has 5 heteroatoms. The second-order valence-electron chi connectivity index (χ2n) is 8.34. The van der Waals surface area contributed by atoms with Crippen molar-refractivity contribution >= 4 is 11.8 Å². The van der Waals surface area contributed by atoms with Gasteiger partial charge in [-0.25, -0.2) is 0 Å². The van der Waals surface area contributed by atoms with Crippen molar-refractivity contribution in [1.29, 1.82) is 0 Å². The highest BCUT2D eigenvalue weighted by Gasteiger charge is 2.54. The van der Waals surface area contributed by atoms with Gasteiger partial charge in [0.25, 0.3) is 5.91 Å². The molecule has 0 aromatic heterocycles. The molecular formula is C25H30N2O3. The predicted octanol–water partition coefficient (Wildman–Crippen LogP) is 3.89. The minimum Gasteiger partial charge on any atom is -0.383 e. The Hall–Kier alpha value is -2.66. The average molecular weight is 407 g/mol. The smallest absolute Gasteiger partial charge is 0.254 e. The van der Waals surface area contributed by atoms with Crippen LogP contribution in [0.2, 0.25) is 0 Å². The van der Waals surface area contributed by atoms with Gasteiger partial charge in [0.05, 0.1) is 18.1 Å². The Morgan fingerprint density at radius 1 is 1.07 bits per heavy atom. The Bertz CT molecular complexity index is 890. The zero-order valence-electron chi connectivity index (χ0n) is 17.6. The molecule has 1 fully saturated rings. The highest BCUT2D eigenvalue weighted by atomic mass is 16.5. The summed E-state index contributed by atoms with van der Waals surface area (Å²) in [6.07, 6.45) is 4.90. The Labute approximate surface area is 178 Å². The molecule has 1 aliphatic carbocycles. The molecular weight excluding hydrogens is 376 g/mol. The van der Waals surface area contributed by atoms with E-state index in [0.717, 1.165) is 43.2 Å². The predicted molar refractivity (Wildman–Crippen MR) is 116 cm³/mol. The van der Waals surface area contributed by atoms with Crippen molar-refractivity contribution < 1.29 is 14.3 Å². The molecule has 0 saturated heterocycles. The molecule has 2 aliphatic rings. The first-order chi connectivity index (χ1) is 14.7. The third-order valence-corrected chi connectivity index (χ3v) is 6.63. The zero-order chi connectivity index (χ0) is 21.0. The SMILES string of the molecule is COCCN1C(=O)c2ccccc2[C@@H](C(=O)NCc2ccccc2)C12CCCCC2. The molecule has 2 amide bonds. The van der Waals surface area contributed by atoms with Gasteiger partial charge in [0.1, 0.15) is 0 Å². The van der Waals surface area contributed by atoms with Gasteiger partial charge in [-0.3, -0.25) is 9.59 Å². The van der Waals surface area contributed by atoms with E-state index in [1.54, 1.807) is 7.11 Å². The van der Waals surface area contributed by atoms with Gasteiger partial charge < -0.3 is 15.0 Å². The van der Waals surface area contributed by atoms with Gasteiger partial charge in [-0.1, -0.05) is 67.8 Å². The number of fused-ring (bicyclic) bond motifs is 1. The van der Waals surface area contributed by atoms with E-state index < -0.39 is 5.54 Å². The molecule has 1 aliphatic heterocycles. The molecule has 2 aromatic rings. The maximum atomic E-state index is 13.7. The van der Waals surface area contributed by atoms with Gasteiger partial charge >= 0.3 is 0 Å². The van der Waals surface area contributed by atoms with Crippen molar-refractivity contribution in [2.24, 2.45) is 0 Å². The second kappa shape index (κ2) is 9.00. The monoisotopic (exact) mass is 406 g/mol. The van der Waals surface area contributed by atoms with Gasteiger partial charge in [0, 0.05) is 25.8 Å². The van der Waals surface area contributed by atoms with E-state index in [1.165, 1.54) is 0 Å². The molecule has 1 N–H and O–H groups in total. The lowest BCUT2D eigenvalue weighted by atomic mass is 9.65. The van der Waals surface area contributed by atoms with Crippen molar-refractivity contribution in [2.45, 2.75) is 50.1 Å². The fourth-order valence-electron chi connectivity index (χ4n) is 5.24. The lowest BCUT2D eigenvalue weighted by Crippen LogP contribution is -2.63.